The number of nitrogens with zero attached hydrogens (tertiary/aromatic N) is 3. The third kappa shape index (κ3) is 5.93. The lowest BCUT2D eigenvalue weighted by Crippen LogP contribution is -2.74. The zero-order chi connectivity index (χ0) is 25.8. The van der Waals surface area contributed by atoms with Gasteiger partial charge in [-0.15, -0.1) is 0 Å². The van der Waals surface area contributed by atoms with E-state index in [2.05, 4.69) is 131 Å². The summed E-state index contributed by atoms with van der Waals surface area (Å²) in [4.78, 5) is 5.04. The average molecular weight is 487 g/mol. The third-order valence-electron chi connectivity index (χ3n) is 7.24. The molecule has 4 aromatic rings. The highest BCUT2D eigenvalue weighted by molar-refractivity contribution is 7.19. The molecule has 5 heteroatoms. The number of methoxy groups -OCH3 is 1. The van der Waals surface area contributed by atoms with Crippen molar-refractivity contribution in [1.29, 1.82) is 5.39 Å². The molecule has 0 saturated carbocycles. The summed E-state index contributed by atoms with van der Waals surface area (Å²) in [6.45, 7) is 1.99. The summed E-state index contributed by atoms with van der Waals surface area (Å²) < 4.78 is 5.06. The van der Waals surface area contributed by atoms with E-state index in [9.17, 15) is 0 Å². The molecule has 0 spiro atoms. The topological polar surface area (TPSA) is 40.6 Å². The molecule has 1 saturated heterocycles. The second kappa shape index (κ2) is 13.1. The molecule has 1 aliphatic rings. The third-order valence-corrected chi connectivity index (χ3v) is 7.24. The molecule has 0 amide bonds. The molecule has 0 aliphatic carbocycles. The van der Waals surface area contributed by atoms with Gasteiger partial charge in [0.1, 0.15) is 6.15 Å². The fourth-order valence-electron chi connectivity index (χ4n) is 5.55. The van der Waals surface area contributed by atoms with Crippen LogP contribution in [0.15, 0.2) is 133 Å². The molecule has 4 aromatic carbocycles. The lowest BCUT2D eigenvalue weighted by Gasteiger charge is -2.44. The first-order valence-corrected chi connectivity index (χ1v) is 13.0. The summed E-state index contributed by atoms with van der Waals surface area (Å²) in [5, 5.41) is 8.34. The quantitative estimate of drug-likeness (QED) is 0.222. The van der Waals surface area contributed by atoms with Gasteiger partial charge >= 0.3 is 6.20 Å². The maximum atomic E-state index is 8.34. The van der Waals surface area contributed by atoms with Gasteiger partial charge < -0.3 is 9.64 Å². The van der Waals surface area contributed by atoms with Crippen molar-refractivity contribution < 1.29 is 4.74 Å². The standard InChI is InChI=1S/C24H20B.C8H14N3O/c1-5-13-21(14-6-1)25(22-15-7-2-8-16-22,23-17-9-3-10-18-23)24-19-11-4-12-20-24;1-12-8(7-10-9)11-5-3-2-4-6-11/h1-20H;7H,2-6H2,1H3/q-1;+1/b;8-7+. The number of likely N-dealkylation sites (tertiary alicyclic amines) is 1. The largest absolute Gasteiger partial charge is 0.477 e. The van der Waals surface area contributed by atoms with Gasteiger partial charge in [0.2, 0.25) is 5.39 Å². The van der Waals surface area contributed by atoms with Crippen LogP contribution in [0, 0.1) is 5.39 Å². The van der Waals surface area contributed by atoms with E-state index in [0.29, 0.717) is 5.88 Å². The Morgan fingerprint density at radius 3 is 1.30 bits per heavy atom. The predicted molar refractivity (Wildman–Crippen MR) is 156 cm³/mol. The molecule has 4 nitrogen and oxygen atoms in total. The van der Waals surface area contributed by atoms with E-state index >= 15 is 0 Å². The Kier molecular flexibility index (Phi) is 9.15. The minimum Gasteiger partial charge on any atom is -0.477 e. The number of diazo groups is 1. The van der Waals surface area contributed by atoms with Crippen LogP contribution in [-0.4, -0.2) is 31.2 Å². The smallest absolute Gasteiger partial charge is 0.409 e. The minimum absolute atomic E-state index is 0.650. The van der Waals surface area contributed by atoms with Gasteiger partial charge in [-0.05, 0) is 19.3 Å². The van der Waals surface area contributed by atoms with Crippen molar-refractivity contribution in [3.8, 4) is 0 Å². The normalized spacial score (nSPS) is 13.6. The highest BCUT2D eigenvalue weighted by Gasteiger charge is 2.31. The molecule has 0 N–H and O–H groups in total. The Hall–Kier alpha value is -4.30. The molecule has 1 aliphatic heterocycles. The van der Waals surface area contributed by atoms with E-state index in [1.165, 1.54) is 47.3 Å². The second-order valence-electron chi connectivity index (χ2n) is 9.34. The van der Waals surface area contributed by atoms with Gasteiger partial charge in [0.15, 0.2) is 4.98 Å². The molecule has 0 radical (unpaired) electrons. The molecule has 1 fully saturated rings. The highest BCUT2D eigenvalue weighted by Crippen LogP contribution is 2.15. The first-order chi connectivity index (χ1) is 18.3. The Labute approximate surface area is 220 Å². The molecule has 0 aromatic heterocycles. The Bertz CT molecular complexity index is 1120. The van der Waals surface area contributed by atoms with Gasteiger partial charge in [-0.3, -0.25) is 0 Å². The van der Waals surface area contributed by atoms with Crippen LogP contribution < -0.4 is 21.9 Å². The van der Waals surface area contributed by atoms with E-state index in [0.717, 1.165) is 13.1 Å². The summed E-state index contributed by atoms with van der Waals surface area (Å²) in [6.07, 6.45) is 3.78. The molecule has 0 bridgehead atoms. The van der Waals surface area contributed by atoms with Crippen LogP contribution in [0.1, 0.15) is 19.3 Å². The van der Waals surface area contributed by atoms with Gasteiger partial charge in [-0.1, -0.05) is 121 Å². The van der Waals surface area contributed by atoms with Gasteiger partial charge in [-0.25, -0.2) is 0 Å². The number of hydrogen-bond acceptors (Lipinski definition) is 3. The van der Waals surface area contributed by atoms with Crippen molar-refractivity contribution in [2.45, 2.75) is 19.3 Å². The summed E-state index contributed by atoms with van der Waals surface area (Å²) in [7, 11) is 1.59. The summed E-state index contributed by atoms with van der Waals surface area (Å²) in [5.41, 5.74) is 5.36. The maximum absolute atomic E-state index is 8.34. The van der Waals surface area contributed by atoms with Crippen LogP contribution in [0.5, 0.6) is 0 Å². The lowest BCUT2D eigenvalue weighted by atomic mass is 9.13. The second-order valence-corrected chi connectivity index (χ2v) is 9.34. The van der Waals surface area contributed by atoms with Gasteiger partial charge in [0.25, 0.3) is 5.88 Å². The van der Waals surface area contributed by atoms with Gasteiger partial charge in [0, 0.05) is 13.1 Å². The molecule has 0 atom stereocenters. The summed E-state index contributed by atoms with van der Waals surface area (Å²) in [6, 6.07) is 43.5. The molecule has 5 rings (SSSR count). The lowest BCUT2D eigenvalue weighted by molar-refractivity contribution is 0.135. The minimum atomic E-state index is -1.22. The fraction of sp³-hybridized carbons (Fsp3) is 0.188. The molecular weight excluding hydrogens is 453 g/mol. The molecule has 0 unspecified atom stereocenters. The summed E-state index contributed by atoms with van der Waals surface area (Å²) in [5.74, 6) is 0.650. The first kappa shape index (κ1) is 25.8. The summed E-state index contributed by atoms with van der Waals surface area (Å²) >= 11 is 0. The monoisotopic (exact) mass is 487 g/mol. The Morgan fingerprint density at radius 2 is 1.00 bits per heavy atom. The highest BCUT2D eigenvalue weighted by atomic mass is 16.5. The number of piperidine rings is 1. The predicted octanol–water partition coefficient (Wildman–Crippen LogP) is 4.83. The van der Waals surface area contributed by atoms with Crippen molar-refractivity contribution in [2.75, 3.05) is 20.2 Å². The zero-order valence-electron chi connectivity index (χ0n) is 21.5. The van der Waals surface area contributed by atoms with E-state index in [1.54, 1.807) is 7.11 Å². The average Bonchev–Trinajstić information content (AvgIpc) is 2.99. The number of benzene rings is 4. The Morgan fingerprint density at radius 1 is 0.649 bits per heavy atom. The Balaban J connectivity index is 0.000000225. The van der Waals surface area contributed by atoms with Crippen LogP contribution in [0.3, 0.4) is 0 Å². The van der Waals surface area contributed by atoms with Crippen LogP contribution >= 0.6 is 0 Å². The first-order valence-electron chi connectivity index (χ1n) is 13.0. The van der Waals surface area contributed by atoms with Gasteiger partial charge in [0.05, 0.1) is 7.11 Å². The SMILES string of the molecule is CO/C(=C/[N+]#N)N1CCCCC1.c1ccc([B-](c2ccccc2)(c2ccccc2)c2ccccc2)cc1. The van der Waals surface area contributed by atoms with Gasteiger partial charge in [-0.2, -0.15) is 21.9 Å². The van der Waals surface area contributed by atoms with Crippen molar-refractivity contribution in [3.05, 3.63) is 138 Å². The van der Waals surface area contributed by atoms with E-state index in [4.69, 9.17) is 10.1 Å². The maximum Gasteiger partial charge on any atom is 0.409 e. The van der Waals surface area contributed by atoms with Crippen molar-refractivity contribution in [1.82, 2.24) is 4.90 Å². The fourth-order valence-corrected chi connectivity index (χ4v) is 5.55. The van der Waals surface area contributed by atoms with Crippen LogP contribution in [-0.2, 0) is 4.74 Å². The van der Waals surface area contributed by atoms with E-state index < -0.39 is 6.15 Å². The van der Waals surface area contributed by atoms with Crippen molar-refractivity contribution in [3.63, 3.8) is 0 Å². The van der Waals surface area contributed by atoms with Crippen LogP contribution in [0.2, 0.25) is 0 Å². The van der Waals surface area contributed by atoms with Crippen molar-refractivity contribution in [2.24, 2.45) is 0 Å². The van der Waals surface area contributed by atoms with E-state index in [1.807, 2.05) is 0 Å². The number of hydrogen-bond donors (Lipinski definition) is 0. The number of rotatable bonds is 6. The molecule has 186 valence electrons. The zero-order valence-corrected chi connectivity index (χ0v) is 21.5. The molecule has 1 heterocycles. The van der Waals surface area contributed by atoms with Crippen molar-refractivity contribution >= 4 is 28.0 Å². The van der Waals surface area contributed by atoms with Crippen LogP contribution in [0.4, 0.5) is 0 Å². The number of ether oxygens (including phenoxy) is 1. The van der Waals surface area contributed by atoms with E-state index in [-0.39, 0.29) is 0 Å². The molecule has 37 heavy (non-hydrogen) atoms. The molecular formula is C32H34BN3O. The van der Waals surface area contributed by atoms with Crippen LogP contribution in [0.25, 0.3) is 4.98 Å².